The molecule has 0 aliphatic heterocycles. The van der Waals surface area contributed by atoms with Crippen LogP contribution in [-0.2, 0) is 6.42 Å². The molecular formula is C18H15NO3. The van der Waals surface area contributed by atoms with E-state index in [4.69, 9.17) is 0 Å². The molecule has 0 aliphatic carbocycles. The molecule has 0 spiro atoms. The normalized spacial score (nSPS) is 10.8. The molecule has 4 heteroatoms. The Kier molecular flexibility index (Phi) is 3.51. The standard InChI is InChI=1S/C18H15NO3/c1-12-7-8-16-15(9-12)17(20)14(11-19(16)18(21)22)10-13-5-3-2-4-6-13/h2-9,11H,10H2,1H3,(H,21,22). The highest BCUT2D eigenvalue weighted by Gasteiger charge is 2.13. The molecule has 0 amide bonds. The maximum atomic E-state index is 12.7. The highest BCUT2D eigenvalue weighted by Crippen LogP contribution is 2.16. The van der Waals surface area contributed by atoms with Crippen molar-refractivity contribution < 1.29 is 9.90 Å². The Morgan fingerprint density at radius 1 is 1.14 bits per heavy atom. The van der Waals surface area contributed by atoms with Crippen LogP contribution in [0.1, 0.15) is 16.7 Å². The maximum Gasteiger partial charge on any atom is 0.416 e. The lowest BCUT2D eigenvalue weighted by atomic mass is 10.0. The monoisotopic (exact) mass is 293 g/mol. The van der Waals surface area contributed by atoms with Gasteiger partial charge in [-0.1, -0.05) is 42.0 Å². The summed E-state index contributed by atoms with van der Waals surface area (Å²) in [7, 11) is 0. The minimum Gasteiger partial charge on any atom is -0.464 e. The first-order chi connectivity index (χ1) is 10.6. The zero-order chi connectivity index (χ0) is 15.7. The highest BCUT2D eigenvalue weighted by atomic mass is 16.4. The Labute approximate surface area is 127 Å². The summed E-state index contributed by atoms with van der Waals surface area (Å²) in [6.45, 7) is 1.88. The van der Waals surface area contributed by atoms with Crippen molar-refractivity contribution in [2.24, 2.45) is 0 Å². The van der Waals surface area contributed by atoms with Crippen molar-refractivity contribution in [1.82, 2.24) is 4.57 Å². The second kappa shape index (κ2) is 5.48. The molecule has 0 radical (unpaired) electrons. The number of hydrogen-bond donors (Lipinski definition) is 1. The summed E-state index contributed by atoms with van der Waals surface area (Å²) in [5.41, 5.74) is 2.69. The molecule has 2 aromatic carbocycles. The number of fused-ring (bicyclic) bond motifs is 1. The number of pyridine rings is 1. The number of aromatic nitrogens is 1. The minimum absolute atomic E-state index is 0.111. The van der Waals surface area contributed by atoms with Crippen LogP contribution in [0, 0.1) is 6.92 Å². The number of nitrogens with zero attached hydrogens (tertiary/aromatic N) is 1. The van der Waals surface area contributed by atoms with Gasteiger partial charge >= 0.3 is 6.09 Å². The summed E-state index contributed by atoms with van der Waals surface area (Å²) in [5, 5.41) is 9.84. The lowest BCUT2D eigenvalue weighted by Crippen LogP contribution is -2.19. The van der Waals surface area contributed by atoms with Gasteiger partial charge in [-0.3, -0.25) is 9.36 Å². The third kappa shape index (κ3) is 2.51. The Balaban J connectivity index is 2.24. The lowest BCUT2D eigenvalue weighted by molar-refractivity contribution is 0.197. The van der Waals surface area contributed by atoms with Crippen LogP contribution in [0.5, 0.6) is 0 Å². The smallest absolute Gasteiger partial charge is 0.416 e. The van der Waals surface area contributed by atoms with Gasteiger partial charge in [-0.15, -0.1) is 0 Å². The van der Waals surface area contributed by atoms with E-state index in [2.05, 4.69) is 0 Å². The van der Waals surface area contributed by atoms with Crippen LogP contribution in [0.3, 0.4) is 0 Å². The van der Waals surface area contributed by atoms with E-state index in [1.54, 1.807) is 18.2 Å². The largest absolute Gasteiger partial charge is 0.464 e. The van der Waals surface area contributed by atoms with Crippen molar-refractivity contribution in [2.45, 2.75) is 13.3 Å². The molecule has 0 saturated carbocycles. The molecule has 1 N–H and O–H groups in total. The van der Waals surface area contributed by atoms with Gasteiger partial charge in [-0.05, 0) is 24.6 Å². The summed E-state index contributed by atoms with van der Waals surface area (Å²) in [6, 6.07) is 14.8. The molecule has 0 bridgehead atoms. The van der Waals surface area contributed by atoms with Crippen molar-refractivity contribution in [3.05, 3.63) is 81.6 Å². The molecule has 22 heavy (non-hydrogen) atoms. The van der Waals surface area contributed by atoms with E-state index in [9.17, 15) is 14.7 Å². The SMILES string of the molecule is Cc1ccc2c(c1)c(=O)c(Cc1ccccc1)cn2C(=O)O. The van der Waals surface area contributed by atoms with E-state index < -0.39 is 6.09 Å². The van der Waals surface area contributed by atoms with Gasteiger partial charge in [0.25, 0.3) is 0 Å². The van der Waals surface area contributed by atoms with Crippen molar-refractivity contribution in [1.29, 1.82) is 0 Å². The third-order valence-electron chi connectivity index (χ3n) is 3.68. The quantitative estimate of drug-likeness (QED) is 0.787. The lowest BCUT2D eigenvalue weighted by Gasteiger charge is -2.10. The number of carbonyl (C=O) groups is 1. The van der Waals surface area contributed by atoms with Gasteiger partial charge < -0.3 is 5.11 Å². The van der Waals surface area contributed by atoms with Gasteiger partial charge in [0.05, 0.1) is 5.52 Å². The summed E-state index contributed by atoms with van der Waals surface area (Å²) < 4.78 is 1.12. The first-order valence-electron chi connectivity index (χ1n) is 6.98. The number of hydrogen-bond acceptors (Lipinski definition) is 2. The molecule has 0 atom stereocenters. The molecule has 0 unspecified atom stereocenters. The van der Waals surface area contributed by atoms with Gasteiger partial charge in [-0.25, -0.2) is 4.79 Å². The van der Waals surface area contributed by atoms with Crippen molar-refractivity contribution >= 4 is 17.0 Å². The predicted octanol–water partition coefficient (Wildman–Crippen LogP) is 3.43. The van der Waals surface area contributed by atoms with Gasteiger partial charge in [0, 0.05) is 23.6 Å². The predicted molar refractivity (Wildman–Crippen MR) is 85.6 cm³/mol. The zero-order valence-corrected chi connectivity index (χ0v) is 12.1. The Morgan fingerprint density at radius 2 is 1.86 bits per heavy atom. The maximum absolute atomic E-state index is 12.7. The molecule has 1 heterocycles. The molecule has 1 aromatic heterocycles. The van der Waals surface area contributed by atoms with Crippen LogP contribution in [-0.4, -0.2) is 15.8 Å². The van der Waals surface area contributed by atoms with Crippen LogP contribution < -0.4 is 5.43 Å². The number of benzene rings is 2. The molecule has 3 rings (SSSR count). The minimum atomic E-state index is -1.09. The van der Waals surface area contributed by atoms with Crippen molar-refractivity contribution in [3.63, 3.8) is 0 Å². The fourth-order valence-electron chi connectivity index (χ4n) is 2.60. The molecule has 3 aromatic rings. The average molecular weight is 293 g/mol. The molecule has 0 saturated heterocycles. The molecule has 110 valence electrons. The number of rotatable bonds is 2. The fourth-order valence-corrected chi connectivity index (χ4v) is 2.60. The highest BCUT2D eigenvalue weighted by molar-refractivity contribution is 5.88. The number of aryl methyl sites for hydroxylation is 1. The van der Waals surface area contributed by atoms with Crippen molar-refractivity contribution in [2.75, 3.05) is 0 Å². The van der Waals surface area contributed by atoms with E-state index in [0.717, 1.165) is 15.7 Å². The Hall–Kier alpha value is -2.88. The van der Waals surface area contributed by atoms with Crippen LogP contribution in [0.2, 0.25) is 0 Å². The van der Waals surface area contributed by atoms with Gasteiger partial charge in [0.1, 0.15) is 0 Å². The van der Waals surface area contributed by atoms with Crippen LogP contribution in [0.25, 0.3) is 10.9 Å². The fraction of sp³-hybridized carbons (Fsp3) is 0.111. The van der Waals surface area contributed by atoms with Crippen LogP contribution in [0.15, 0.2) is 59.5 Å². The topological polar surface area (TPSA) is 59.3 Å². The number of carboxylic acid groups (broad SMARTS) is 1. The summed E-state index contributed by atoms with van der Waals surface area (Å²) in [5.74, 6) is 0. The van der Waals surface area contributed by atoms with Crippen LogP contribution >= 0.6 is 0 Å². The van der Waals surface area contributed by atoms with E-state index in [1.807, 2.05) is 37.3 Å². The van der Waals surface area contributed by atoms with Gasteiger partial charge in [0.2, 0.25) is 0 Å². The van der Waals surface area contributed by atoms with E-state index in [1.165, 1.54) is 6.20 Å². The first-order valence-corrected chi connectivity index (χ1v) is 6.98. The second-order valence-electron chi connectivity index (χ2n) is 5.32. The third-order valence-corrected chi connectivity index (χ3v) is 3.68. The van der Waals surface area contributed by atoms with E-state index >= 15 is 0 Å². The zero-order valence-electron chi connectivity index (χ0n) is 12.1. The molecule has 4 nitrogen and oxygen atoms in total. The molecule has 0 aliphatic rings. The van der Waals surface area contributed by atoms with Gasteiger partial charge in [0.15, 0.2) is 5.43 Å². The molecular weight excluding hydrogens is 278 g/mol. The van der Waals surface area contributed by atoms with E-state index in [-0.39, 0.29) is 5.43 Å². The Morgan fingerprint density at radius 3 is 2.55 bits per heavy atom. The van der Waals surface area contributed by atoms with Crippen LogP contribution in [0.4, 0.5) is 4.79 Å². The van der Waals surface area contributed by atoms with E-state index in [0.29, 0.717) is 22.9 Å². The second-order valence-corrected chi connectivity index (χ2v) is 5.32. The first kappa shape index (κ1) is 14.1. The summed E-state index contributed by atoms with van der Waals surface area (Å²) >= 11 is 0. The average Bonchev–Trinajstić information content (AvgIpc) is 2.51. The Bertz CT molecular complexity index is 911. The molecule has 0 fully saturated rings. The summed E-state index contributed by atoms with van der Waals surface area (Å²) in [6.07, 6.45) is 0.745. The van der Waals surface area contributed by atoms with Gasteiger partial charge in [-0.2, -0.15) is 0 Å². The summed E-state index contributed by atoms with van der Waals surface area (Å²) in [4.78, 5) is 24.1. The van der Waals surface area contributed by atoms with Crippen molar-refractivity contribution in [3.8, 4) is 0 Å².